The van der Waals surface area contributed by atoms with Crippen LogP contribution < -0.4 is 0 Å². The molecule has 1 aliphatic rings. The Hall–Kier alpha value is -3.94. The van der Waals surface area contributed by atoms with Gasteiger partial charge in [-0.05, 0) is 53.4 Å². The fraction of sp³-hybridized carbons (Fsp3) is 0.286. The molecule has 188 valence electrons. The summed E-state index contributed by atoms with van der Waals surface area (Å²) in [6.45, 7) is 3.05. The summed E-state index contributed by atoms with van der Waals surface area (Å²) in [5, 5.41) is 0. The van der Waals surface area contributed by atoms with Crippen LogP contribution in [0.5, 0.6) is 0 Å². The number of rotatable bonds is 5. The number of benzene rings is 3. The highest BCUT2D eigenvalue weighted by atomic mass is 19.1. The number of nitrogens with zero attached hydrogens (tertiary/aromatic N) is 3. The Morgan fingerprint density at radius 2 is 1.64 bits per heavy atom. The minimum atomic E-state index is -0.480. The molecular formula is C28H29F2N3O3. The fourth-order valence-corrected chi connectivity index (χ4v) is 4.42. The third kappa shape index (κ3) is 6.00. The van der Waals surface area contributed by atoms with Gasteiger partial charge in [-0.25, -0.2) is 18.4 Å². The Morgan fingerprint density at radius 3 is 2.33 bits per heavy atom. The first kappa shape index (κ1) is 25.2. The molecular weight excluding hydrogens is 464 g/mol. The van der Waals surface area contributed by atoms with Gasteiger partial charge in [0.2, 0.25) is 0 Å². The SMILES string of the molecule is Cc1cc(F)ccc1[C@H]1CN(C(=O)OCc2ccccc2)CCN1C(=O)N(C)Cc1ccc(F)cc1. The van der Waals surface area contributed by atoms with E-state index in [-0.39, 0.29) is 37.4 Å². The van der Waals surface area contributed by atoms with Gasteiger partial charge in [-0.15, -0.1) is 0 Å². The molecule has 36 heavy (non-hydrogen) atoms. The lowest BCUT2D eigenvalue weighted by Crippen LogP contribution is -2.55. The van der Waals surface area contributed by atoms with E-state index in [1.807, 2.05) is 30.3 Å². The number of aryl methyl sites for hydroxylation is 1. The smallest absolute Gasteiger partial charge is 0.410 e. The lowest BCUT2D eigenvalue weighted by molar-refractivity contribution is 0.0511. The number of ether oxygens (including phenoxy) is 1. The van der Waals surface area contributed by atoms with E-state index in [9.17, 15) is 18.4 Å². The molecule has 1 atom stereocenters. The lowest BCUT2D eigenvalue weighted by Gasteiger charge is -2.43. The molecule has 8 heteroatoms. The molecule has 6 nitrogen and oxygen atoms in total. The molecule has 1 fully saturated rings. The molecule has 1 saturated heterocycles. The third-order valence-electron chi connectivity index (χ3n) is 6.34. The van der Waals surface area contributed by atoms with Gasteiger partial charge in [0.1, 0.15) is 18.2 Å². The number of hydrogen-bond acceptors (Lipinski definition) is 3. The van der Waals surface area contributed by atoms with Crippen molar-refractivity contribution in [3.8, 4) is 0 Å². The molecule has 1 heterocycles. The van der Waals surface area contributed by atoms with Crippen molar-refractivity contribution in [2.24, 2.45) is 0 Å². The van der Waals surface area contributed by atoms with Crippen LogP contribution in [0.4, 0.5) is 18.4 Å². The van der Waals surface area contributed by atoms with E-state index in [1.54, 1.807) is 46.9 Å². The molecule has 1 aliphatic heterocycles. The number of piperazine rings is 1. The Kier molecular flexibility index (Phi) is 7.83. The molecule has 0 unspecified atom stereocenters. The zero-order chi connectivity index (χ0) is 25.7. The molecule has 0 spiro atoms. The molecule has 4 rings (SSSR count). The summed E-state index contributed by atoms with van der Waals surface area (Å²) in [4.78, 5) is 31.2. The maximum Gasteiger partial charge on any atom is 0.410 e. The van der Waals surface area contributed by atoms with Crippen LogP contribution in [0.3, 0.4) is 0 Å². The van der Waals surface area contributed by atoms with Crippen LogP contribution in [-0.4, -0.2) is 53.5 Å². The first-order chi connectivity index (χ1) is 17.3. The summed E-state index contributed by atoms with van der Waals surface area (Å²) < 4.78 is 32.6. The average molecular weight is 494 g/mol. The number of carbonyl (C=O) groups is 2. The van der Waals surface area contributed by atoms with Gasteiger partial charge in [-0.1, -0.05) is 48.5 Å². The first-order valence-corrected chi connectivity index (χ1v) is 11.8. The Balaban J connectivity index is 1.51. The predicted molar refractivity (Wildman–Crippen MR) is 132 cm³/mol. The predicted octanol–water partition coefficient (Wildman–Crippen LogP) is 5.52. The van der Waals surface area contributed by atoms with Crippen LogP contribution in [0, 0.1) is 18.6 Å². The molecule has 0 bridgehead atoms. The van der Waals surface area contributed by atoms with Gasteiger partial charge in [0.25, 0.3) is 0 Å². The molecule has 0 aliphatic carbocycles. The van der Waals surface area contributed by atoms with Crippen LogP contribution in [0.1, 0.15) is 28.3 Å². The van der Waals surface area contributed by atoms with E-state index >= 15 is 0 Å². The standard InChI is InChI=1S/C28H29F2N3O3/c1-20-16-24(30)12-13-25(20)26-18-32(28(35)36-19-22-6-4-3-5-7-22)14-15-33(26)27(34)31(2)17-21-8-10-23(29)11-9-21/h3-13,16,26H,14-15,17-19H2,1-2H3/t26-/m1/s1. The zero-order valence-electron chi connectivity index (χ0n) is 20.4. The van der Waals surface area contributed by atoms with Crippen LogP contribution in [0.15, 0.2) is 72.8 Å². The van der Waals surface area contributed by atoms with Crippen molar-refractivity contribution in [3.05, 3.63) is 107 Å². The largest absolute Gasteiger partial charge is 0.445 e. The van der Waals surface area contributed by atoms with Gasteiger partial charge in [-0.3, -0.25) is 0 Å². The van der Waals surface area contributed by atoms with E-state index in [2.05, 4.69) is 0 Å². The number of urea groups is 1. The molecule has 0 saturated carbocycles. The number of carbonyl (C=O) groups excluding carboxylic acids is 2. The van der Waals surface area contributed by atoms with Gasteiger partial charge >= 0.3 is 12.1 Å². The second-order valence-electron chi connectivity index (χ2n) is 8.96. The summed E-state index contributed by atoms with van der Waals surface area (Å²) >= 11 is 0. The average Bonchev–Trinajstić information content (AvgIpc) is 2.88. The van der Waals surface area contributed by atoms with E-state index in [4.69, 9.17) is 4.74 Å². The minimum absolute atomic E-state index is 0.152. The van der Waals surface area contributed by atoms with Crippen molar-refractivity contribution in [1.82, 2.24) is 14.7 Å². The van der Waals surface area contributed by atoms with Crippen LogP contribution in [0.2, 0.25) is 0 Å². The summed E-state index contributed by atoms with van der Waals surface area (Å²) in [5.41, 5.74) is 3.14. The van der Waals surface area contributed by atoms with Crippen molar-refractivity contribution in [2.45, 2.75) is 26.1 Å². The summed E-state index contributed by atoms with van der Waals surface area (Å²) in [6, 6.07) is 19.1. The van der Waals surface area contributed by atoms with Crippen molar-refractivity contribution < 1.29 is 23.1 Å². The molecule has 3 aromatic carbocycles. The highest BCUT2D eigenvalue weighted by Gasteiger charge is 2.36. The monoisotopic (exact) mass is 493 g/mol. The highest BCUT2D eigenvalue weighted by molar-refractivity contribution is 5.76. The fourth-order valence-electron chi connectivity index (χ4n) is 4.42. The van der Waals surface area contributed by atoms with E-state index in [0.717, 1.165) is 16.7 Å². The van der Waals surface area contributed by atoms with Crippen molar-refractivity contribution in [1.29, 1.82) is 0 Å². The van der Waals surface area contributed by atoms with Crippen LogP contribution in [-0.2, 0) is 17.9 Å². The van der Waals surface area contributed by atoms with Crippen molar-refractivity contribution in [2.75, 3.05) is 26.7 Å². The van der Waals surface area contributed by atoms with Crippen LogP contribution >= 0.6 is 0 Å². The third-order valence-corrected chi connectivity index (χ3v) is 6.34. The number of halogens is 2. The van der Waals surface area contributed by atoms with Gasteiger partial charge in [0.15, 0.2) is 0 Å². The molecule has 0 radical (unpaired) electrons. The summed E-state index contributed by atoms with van der Waals surface area (Å²) in [6.07, 6.45) is -0.463. The Morgan fingerprint density at radius 1 is 0.944 bits per heavy atom. The van der Waals surface area contributed by atoms with E-state index < -0.39 is 12.1 Å². The van der Waals surface area contributed by atoms with Crippen molar-refractivity contribution >= 4 is 12.1 Å². The zero-order valence-corrected chi connectivity index (χ0v) is 20.4. The van der Waals surface area contributed by atoms with Gasteiger partial charge < -0.3 is 19.4 Å². The maximum atomic E-state index is 13.8. The Labute approximate surface area is 209 Å². The topological polar surface area (TPSA) is 53.1 Å². The molecule has 3 aromatic rings. The summed E-state index contributed by atoms with van der Waals surface area (Å²) in [7, 11) is 1.68. The molecule has 0 N–H and O–H groups in total. The molecule has 3 amide bonds. The van der Waals surface area contributed by atoms with Crippen LogP contribution in [0.25, 0.3) is 0 Å². The molecule has 0 aromatic heterocycles. The van der Waals surface area contributed by atoms with Gasteiger partial charge in [0.05, 0.1) is 6.04 Å². The highest BCUT2D eigenvalue weighted by Crippen LogP contribution is 2.30. The minimum Gasteiger partial charge on any atom is -0.445 e. The van der Waals surface area contributed by atoms with Crippen molar-refractivity contribution in [3.63, 3.8) is 0 Å². The van der Waals surface area contributed by atoms with E-state index in [0.29, 0.717) is 18.7 Å². The van der Waals surface area contributed by atoms with E-state index in [1.165, 1.54) is 24.3 Å². The second kappa shape index (κ2) is 11.2. The number of amides is 3. The Bertz CT molecular complexity index is 1200. The lowest BCUT2D eigenvalue weighted by atomic mass is 9.97. The normalized spacial score (nSPS) is 15.5. The van der Waals surface area contributed by atoms with Gasteiger partial charge in [-0.2, -0.15) is 0 Å². The number of hydrogen-bond donors (Lipinski definition) is 0. The first-order valence-electron chi connectivity index (χ1n) is 11.8. The quantitative estimate of drug-likeness (QED) is 0.470. The maximum absolute atomic E-state index is 13.8. The summed E-state index contributed by atoms with van der Waals surface area (Å²) in [5.74, 6) is -0.702. The van der Waals surface area contributed by atoms with Gasteiger partial charge in [0, 0.05) is 33.2 Å². The second-order valence-corrected chi connectivity index (χ2v) is 8.96.